The Hall–Kier alpha value is -1.53. The van der Waals surface area contributed by atoms with E-state index in [0.29, 0.717) is 13.2 Å². The number of nitrogens with one attached hydrogen (secondary N) is 1. The second kappa shape index (κ2) is 7.36. The molecule has 1 heterocycles. The smallest absolute Gasteiger partial charge is 0.246 e. The first-order valence-electron chi connectivity index (χ1n) is 7.71. The van der Waals surface area contributed by atoms with E-state index in [0.717, 1.165) is 12.5 Å². The molecule has 2 rings (SSSR count). The van der Waals surface area contributed by atoms with E-state index in [1.807, 2.05) is 20.8 Å². The van der Waals surface area contributed by atoms with E-state index in [-0.39, 0.29) is 24.2 Å². The van der Waals surface area contributed by atoms with Crippen LogP contribution in [-0.4, -0.2) is 31.8 Å². The van der Waals surface area contributed by atoms with Crippen molar-refractivity contribution in [3.63, 3.8) is 0 Å². The second-order valence-corrected chi connectivity index (χ2v) is 6.83. The van der Waals surface area contributed by atoms with Crippen molar-refractivity contribution >= 4 is 5.91 Å². The summed E-state index contributed by atoms with van der Waals surface area (Å²) in [6.45, 7) is 6.66. The fourth-order valence-electron chi connectivity index (χ4n) is 2.54. The quantitative estimate of drug-likeness (QED) is 0.904. The van der Waals surface area contributed by atoms with Gasteiger partial charge < -0.3 is 14.8 Å². The molecule has 1 fully saturated rings. The number of rotatable bonds is 5. The Balaban J connectivity index is 2.05. The molecular formula is C17H23F2NO3. The molecule has 6 heteroatoms. The average Bonchev–Trinajstić information content (AvgIpc) is 2.95. The van der Waals surface area contributed by atoms with Crippen molar-refractivity contribution in [1.82, 2.24) is 5.32 Å². The summed E-state index contributed by atoms with van der Waals surface area (Å²) in [6, 6.07) is 2.80. The molecule has 1 N–H and O–H groups in total. The van der Waals surface area contributed by atoms with E-state index in [4.69, 9.17) is 9.47 Å². The summed E-state index contributed by atoms with van der Waals surface area (Å²) < 4.78 is 37.8. The third-order valence-electron chi connectivity index (χ3n) is 3.78. The minimum atomic E-state index is -0.671. The molecule has 2 atom stereocenters. The Labute approximate surface area is 135 Å². The Kier molecular flexibility index (Phi) is 5.70. The lowest BCUT2D eigenvalue weighted by atomic mass is 9.82. The second-order valence-electron chi connectivity index (χ2n) is 6.83. The van der Waals surface area contributed by atoms with E-state index >= 15 is 0 Å². The monoisotopic (exact) mass is 327 g/mol. The Morgan fingerprint density at radius 3 is 2.74 bits per heavy atom. The van der Waals surface area contributed by atoms with Gasteiger partial charge in [-0.1, -0.05) is 26.8 Å². The Morgan fingerprint density at radius 1 is 1.43 bits per heavy atom. The molecule has 0 bridgehead atoms. The predicted molar refractivity (Wildman–Crippen MR) is 81.9 cm³/mol. The van der Waals surface area contributed by atoms with Gasteiger partial charge in [-0.2, -0.15) is 0 Å². The van der Waals surface area contributed by atoms with Gasteiger partial charge in [0.2, 0.25) is 5.91 Å². The molecule has 0 aromatic heterocycles. The van der Waals surface area contributed by atoms with Gasteiger partial charge in [0.05, 0.1) is 18.8 Å². The minimum absolute atomic E-state index is 0.0728. The number of ether oxygens (including phenoxy) is 2. The number of halogens is 2. The zero-order chi connectivity index (χ0) is 17.0. The number of hydrogen-bond acceptors (Lipinski definition) is 3. The largest absolute Gasteiger partial charge is 0.379 e. The van der Waals surface area contributed by atoms with Crippen LogP contribution in [0, 0.1) is 17.0 Å². The molecule has 1 aromatic carbocycles. The number of hydrogen-bond donors (Lipinski definition) is 1. The van der Waals surface area contributed by atoms with E-state index in [9.17, 15) is 13.6 Å². The van der Waals surface area contributed by atoms with Gasteiger partial charge in [0, 0.05) is 18.2 Å². The number of benzene rings is 1. The fourth-order valence-corrected chi connectivity index (χ4v) is 2.54. The van der Waals surface area contributed by atoms with Gasteiger partial charge >= 0.3 is 0 Å². The maximum atomic E-state index is 14.1. The first kappa shape index (κ1) is 17.8. The highest BCUT2D eigenvalue weighted by Crippen LogP contribution is 2.34. The van der Waals surface area contributed by atoms with Gasteiger partial charge in [-0.15, -0.1) is 0 Å². The van der Waals surface area contributed by atoms with Crippen molar-refractivity contribution in [1.29, 1.82) is 0 Å². The lowest BCUT2D eigenvalue weighted by molar-refractivity contribution is -0.129. The predicted octanol–water partition coefficient (Wildman–Crippen LogP) is 2.97. The van der Waals surface area contributed by atoms with E-state index in [1.54, 1.807) is 0 Å². The van der Waals surface area contributed by atoms with Crippen molar-refractivity contribution in [3.8, 4) is 0 Å². The third-order valence-corrected chi connectivity index (χ3v) is 3.78. The summed E-state index contributed by atoms with van der Waals surface area (Å²) in [5.74, 6) is -1.65. The lowest BCUT2D eigenvalue weighted by Crippen LogP contribution is -2.39. The average molecular weight is 327 g/mol. The van der Waals surface area contributed by atoms with Crippen molar-refractivity contribution in [2.75, 3.05) is 19.8 Å². The third kappa shape index (κ3) is 4.97. The van der Waals surface area contributed by atoms with Gasteiger partial charge in [0.15, 0.2) is 0 Å². The molecule has 1 saturated heterocycles. The summed E-state index contributed by atoms with van der Waals surface area (Å²) in [4.78, 5) is 12.1. The molecule has 0 radical (unpaired) electrons. The minimum Gasteiger partial charge on any atom is -0.379 e. The van der Waals surface area contributed by atoms with Crippen LogP contribution in [-0.2, 0) is 14.3 Å². The SMILES string of the molecule is CC(C)(C)[C@H](NC(=O)CO[C@@H]1CCOC1)c1ccc(F)cc1F. The number of amides is 1. The van der Waals surface area contributed by atoms with Crippen LogP contribution in [0.5, 0.6) is 0 Å². The highest BCUT2D eigenvalue weighted by Gasteiger charge is 2.30. The maximum Gasteiger partial charge on any atom is 0.246 e. The van der Waals surface area contributed by atoms with Crippen LogP contribution in [0.4, 0.5) is 8.78 Å². The molecule has 1 amide bonds. The molecule has 128 valence electrons. The standard InChI is InChI=1S/C17H23F2NO3/c1-17(2,3)16(13-5-4-11(18)8-14(13)19)20-15(21)10-23-12-6-7-22-9-12/h4-5,8,12,16H,6-7,9-10H2,1-3H3,(H,20,21)/t12-,16-/m1/s1. The highest BCUT2D eigenvalue weighted by molar-refractivity contribution is 5.77. The molecule has 0 saturated carbocycles. The first-order valence-corrected chi connectivity index (χ1v) is 7.71. The van der Waals surface area contributed by atoms with E-state index in [1.165, 1.54) is 12.1 Å². The molecule has 23 heavy (non-hydrogen) atoms. The van der Waals surface area contributed by atoms with Crippen LogP contribution < -0.4 is 5.32 Å². The maximum absolute atomic E-state index is 14.1. The van der Waals surface area contributed by atoms with Crippen LogP contribution >= 0.6 is 0 Å². The molecule has 0 unspecified atom stereocenters. The summed E-state index contributed by atoms with van der Waals surface area (Å²) in [7, 11) is 0. The summed E-state index contributed by atoms with van der Waals surface area (Å²) in [5, 5.41) is 2.79. The molecular weight excluding hydrogens is 304 g/mol. The van der Waals surface area contributed by atoms with E-state index in [2.05, 4.69) is 5.32 Å². The Morgan fingerprint density at radius 2 is 2.17 bits per heavy atom. The van der Waals surface area contributed by atoms with Crippen LogP contribution in [0.15, 0.2) is 18.2 Å². The van der Waals surface area contributed by atoms with Crippen LogP contribution in [0.25, 0.3) is 0 Å². The molecule has 0 aliphatic carbocycles. The molecule has 0 spiro atoms. The Bertz CT molecular complexity index is 551. The van der Waals surface area contributed by atoms with Crippen LogP contribution in [0.1, 0.15) is 38.8 Å². The highest BCUT2D eigenvalue weighted by atomic mass is 19.1. The fraction of sp³-hybridized carbons (Fsp3) is 0.588. The number of carbonyl (C=O) groups excluding carboxylic acids is 1. The van der Waals surface area contributed by atoms with Gasteiger partial charge in [-0.3, -0.25) is 4.79 Å². The summed E-state index contributed by atoms with van der Waals surface area (Å²) in [5.41, 5.74) is -0.179. The molecule has 1 aliphatic rings. The summed E-state index contributed by atoms with van der Waals surface area (Å²) >= 11 is 0. The lowest BCUT2D eigenvalue weighted by Gasteiger charge is -2.32. The van der Waals surface area contributed by atoms with Crippen molar-refractivity contribution in [2.24, 2.45) is 5.41 Å². The van der Waals surface area contributed by atoms with Gasteiger partial charge in [-0.05, 0) is 17.9 Å². The van der Waals surface area contributed by atoms with E-state index < -0.39 is 23.1 Å². The molecule has 1 aromatic rings. The molecule has 4 nitrogen and oxygen atoms in total. The van der Waals surface area contributed by atoms with Crippen molar-refractivity contribution < 1.29 is 23.0 Å². The van der Waals surface area contributed by atoms with Crippen molar-refractivity contribution in [2.45, 2.75) is 39.3 Å². The number of carbonyl (C=O) groups is 1. The molecule has 1 aliphatic heterocycles. The summed E-state index contributed by atoms with van der Waals surface area (Å²) in [6.07, 6.45) is 0.694. The van der Waals surface area contributed by atoms with Crippen molar-refractivity contribution in [3.05, 3.63) is 35.4 Å². The van der Waals surface area contributed by atoms with Crippen LogP contribution in [0.3, 0.4) is 0 Å². The van der Waals surface area contributed by atoms with Crippen LogP contribution in [0.2, 0.25) is 0 Å². The van der Waals surface area contributed by atoms with Gasteiger partial charge in [0.1, 0.15) is 18.2 Å². The normalized spacial score (nSPS) is 19.6. The topological polar surface area (TPSA) is 47.6 Å². The van der Waals surface area contributed by atoms with Gasteiger partial charge in [0.25, 0.3) is 0 Å². The zero-order valence-electron chi connectivity index (χ0n) is 13.7. The van der Waals surface area contributed by atoms with Gasteiger partial charge in [-0.25, -0.2) is 8.78 Å². The first-order chi connectivity index (χ1) is 10.8. The zero-order valence-corrected chi connectivity index (χ0v) is 13.7.